The van der Waals surface area contributed by atoms with Gasteiger partial charge in [0.15, 0.2) is 0 Å². The molecule has 3 N–H and O–H groups in total. The van der Waals surface area contributed by atoms with E-state index in [1.165, 1.54) is 12.5 Å². The second kappa shape index (κ2) is 4.55. The van der Waals surface area contributed by atoms with Crippen molar-refractivity contribution in [1.82, 2.24) is 4.72 Å². The fourth-order valence-electron chi connectivity index (χ4n) is 2.10. The zero-order chi connectivity index (χ0) is 13.4. The minimum atomic E-state index is -3.44. The molecule has 4 nitrogen and oxygen atoms in total. The van der Waals surface area contributed by atoms with Crippen LogP contribution in [0.1, 0.15) is 31.7 Å². The quantitative estimate of drug-likeness (QED) is 0.821. The third-order valence-corrected chi connectivity index (χ3v) is 5.21. The highest BCUT2D eigenvalue weighted by Crippen LogP contribution is 2.39. The van der Waals surface area contributed by atoms with Crippen molar-refractivity contribution >= 4 is 15.7 Å². The van der Waals surface area contributed by atoms with Crippen molar-refractivity contribution in [2.45, 2.75) is 38.0 Å². The smallest absolute Gasteiger partial charge is 0.240 e. The van der Waals surface area contributed by atoms with Gasteiger partial charge in [0.2, 0.25) is 10.0 Å². The Morgan fingerprint density at radius 2 is 2.06 bits per heavy atom. The number of hydrogen-bond donors (Lipinski definition) is 2. The molecule has 1 aliphatic carbocycles. The van der Waals surface area contributed by atoms with Crippen LogP contribution in [0.15, 0.2) is 23.1 Å². The standard InChI is InChI=1S/C13H20N2O2S/c1-10-4-5-11(8-12(10)14)18(16,17)15-9-13(2)6-3-7-13/h4-5,8,15H,3,6-7,9,14H2,1-2H3. The van der Waals surface area contributed by atoms with Crippen LogP contribution in [-0.2, 0) is 10.0 Å². The Balaban J connectivity index is 2.12. The fourth-order valence-corrected chi connectivity index (χ4v) is 3.33. The van der Waals surface area contributed by atoms with Crippen LogP contribution in [-0.4, -0.2) is 15.0 Å². The lowest BCUT2D eigenvalue weighted by atomic mass is 9.71. The van der Waals surface area contributed by atoms with Crippen LogP contribution in [0.2, 0.25) is 0 Å². The Hall–Kier alpha value is -1.07. The van der Waals surface area contributed by atoms with Gasteiger partial charge in [0.05, 0.1) is 4.90 Å². The molecule has 0 saturated heterocycles. The number of benzene rings is 1. The van der Waals surface area contributed by atoms with E-state index in [4.69, 9.17) is 5.73 Å². The zero-order valence-corrected chi connectivity index (χ0v) is 11.7. The predicted octanol–water partition coefficient (Wildman–Crippen LogP) is 2.05. The fraction of sp³-hybridized carbons (Fsp3) is 0.538. The molecule has 5 heteroatoms. The van der Waals surface area contributed by atoms with E-state index in [1.807, 2.05) is 6.92 Å². The van der Waals surface area contributed by atoms with Gasteiger partial charge in [-0.2, -0.15) is 0 Å². The number of nitrogens with two attached hydrogens (primary N) is 1. The summed E-state index contributed by atoms with van der Waals surface area (Å²) in [6.45, 7) is 4.47. The SMILES string of the molecule is Cc1ccc(S(=O)(=O)NCC2(C)CCC2)cc1N. The van der Waals surface area contributed by atoms with Gasteiger partial charge in [0, 0.05) is 12.2 Å². The van der Waals surface area contributed by atoms with Crippen LogP contribution in [0.5, 0.6) is 0 Å². The van der Waals surface area contributed by atoms with Crippen LogP contribution >= 0.6 is 0 Å². The molecule has 1 saturated carbocycles. The van der Waals surface area contributed by atoms with Gasteiger partial charge in [-0.1, -0.05) is 19.4 Å². The molecule has 1 fully saturated rings. The van der Waals surface area contributed by atoms with Crippen LogP contribution < -0.4 is 10.5 Å². The maximum atomic E-state index is 12.1. The predicted molar refractivity (Wildman–Crippen MR) is 72.7 cm³/mol. The van der Waals surface area contributed by atoms with E-state index in [0.29, 0.717) is 12.2 Å². The highest BCUT2D eigenvalue weighted by atomic mass is 32.2. The lowest BCUT2D eigenvalue weighted by Crippen LogP contribution is -2.39. The highest BCUT2D eigenvalue weighted by Gasteiger charge is 2.33. The van der Waals surface area contributed by atoms with E-state index in [2.05, 4.69) is 11.6 Å². The van der Waals surface area contributed by atoms with Crippen molar-refractivity contribution in [2.75, 3.05) is 12.3 Å². The van der Waals surface area contributed by atoms with E-state index in [0.717, 1.165) is 18.4 Å². The van der Waals surface area contributed by atoms with E-state index in [-0.39, 0.29) is 10.3 Å². The Labute approximate surface area is 109 Å². The second-order valence-electron chi connectivity index (χ2n) is 5.51. The summed E-state index contributed by atoms with van der Waals surface area (Å²) < 4.78 is 26.9. The number of aryl methyl sites for hydroxylation is 1. The third kappa shape index (κ3) is 2.67. The molecule has 0 bridgehead atoms. The molecule has 100 valence electrons. The Morgan fingerprint density at radius 1 is 1.39 bits per heavy atom. The van der Waals surface area contributed by atoms with Gasteiger partial charge in [-0.3, -0.25) is 0 Å². The molecule has 0 atom stereocenters. The highest BCUT2D eigenvalue weighted by molar-refractivity contribution is 7.89. The van der Waals surface area contributed by atoms with Gasteiger partial charge in [-0.15, -0.1) is 0 Å². The lowest BCUT2D eigenvalue weighted by Gasteiger charge is -2.38. The molecule has 18 heavy (non-hydrogen) atoms. The van der Waals surface area contributed by atoms with Crippen LogP contribution in [0.3, 0.4) is 0 Å². The summed E-state index contributed by atoms with van der Waals surface area (Å²) in [6, 6.07) is 4.84. The Morgan fingerprint density at radius 3 is 2.56 bits per heavy atom. The average molecular weight is 268 g/mol. The summed E-state index contributed by atoms with van der Waals surface area (Å²) in [5, 5.41) is 0. The van der Waals surface area contributed by atoms with Gasteiger partial charge in [-0.05, 0) is 42.9 Å². The molecule has 0 heterocycles. The molecule has 0 spiro atoms. The summed E-state index contributed by atoms with van der Waals surface area (Å²) in [5.74, 6) is 0. The monoisotopic (exact) mass is 268 g/mol. The molecule has 0 unspecified atom stereocenters. The molecular weight excluding hydrogens is 248 g/mol. The maximum Gasteiger partial charge on any atom is 0.240 e. The normalized spacial score (nSPS) is 18.3. The molecular formula is C13H20N2O2S. The summed E-state index contributed by atoms with van der Waals surface area (Å²) >= 11 is 0. The van der Waals surface area contributed by atoms with Crippen LogP contribution in [0.4, 0.5) is 5.69 Å². The summed E-state index contributed by atoms with van der Waals surface area (Å²) in [5.41, 5.74) is 7.27. The minimum absolute atomic E-state index is 0.128. The van der Waals surface area contributed by atoms with Crippen molar-refractivity contribution in [1.29, 1.82) is 0 Å². The third-order valence-electron chi connectivity index (χ3n) is 3.81. The Kier molecular flexibility index (Phi) is 3.38. The van der Waals surface area contributed by atoms with Gasteiger partial charge in [-0.25, -0.2) is 13.1 Å². The molecule has 0 radical (unpaired) electrons. The van der Waals surface area contributed by atoms with E-state index < -0.39 is 10.0 Å². The first-order valence-corrected chi connectivity index (χ1v) is 7.67. The topological polar surface area (TPSA) is 72.2 Å². The van der Waals surface area contributed by atoms with Crippen LogP contribution in [0, 0.1) is 12.3 Å². The first kappa shape index (κ1) is 13.4. The number of sulfonamides is 1. The largest absolute Gasteiger partial charge is 0.398 e. The Bertz CT molecular complexity index is 548. The van der Waals surface area contributed by atoms with Gasteiger partial charge >= 0.3 is 0 Å². The average Bonchev–Trinajstić information content (AvgIpc) is 2.27. The summed E-state index contributed by atoms with van der Waals surface area (Å²) in [7, 11) is -3.44. The molecule has 1 aromatic carbocycles. The zero-order valence-electron chi connectivity index (χ0n) is 10.9. The van der Waals surface area contributed by atoms with E-state index >= 15 is 0 Å². The molecule has 1 aliphatic rings. The van der Waals surface area contributed by atoms with E-state index in [1.54, 1.807) is 12.1 Å². The maximum absolute atomic E-state index is 12.1. The minimum Gasteiger partial charge on any atom is -0.398 e. The molecule has 0 aromatic heterocycles. The molecule has 0 amide bonds. The number of nitrogens with one attached hydrogen (secondary N) is 1. The van der Waals surface area contributed by atoms with Crippen molar-refractivity contribution in [2.24, 2.45) is 5.41 Å². The van der Waals surface area contributed by atoms with Gasteiger partial charge in [0.25, 0.3) is 0 Å². The first-order chi connectivity index (χ1) is 8.32. The first-order valence-electron chi connectivity index (χ1n) is 6.18. The summed E-state index contributed by atoms with van der Waals surface area (Å²) in [4.78, 5) is 0.244. The second-order valence-corrected chi connectivity index (χ2v) is 7.27. The number of nitrogen functional groups attached to an aromatic ring is 1. The van der Waals surface area contributed by atoms with Gasteiger partial charge < -0.3 is 5.73 Å². The molecule has 2 rings (SSSR count). The van der Waals surface area contributed by atoms with Crippen molar-refractivity contribution in [3.05, 3.63) is 23.8 Å². The van der Waals surface area contributed by atoms with Gasteiger partial charge in [0.1, 0.15) is 0 Å². The molecule has 1 aromatic rings. The number of hydrogen-bond acceptors (Lipinski definition) is 3. The van der Waals surface area contributed by atoms with Crippen molar-refractivity contribution in [3.63, 3.8) is 0 Å². The number of anilines is 1. The van der Waals surface area contributed by atoms with E-state index in [9.17, 15) is 8.42 Å². The van der Waals surface area contributed by atoms with Crippen molar-refractivity contribution < 1.29 is 8.42 Å². The molecule has 0 aliphatic heterocycles. The lowest BCUT2D eigenvalue weighted by molar-refractivity contribution is 0.166. The van der Waals surface area contributed by atoms with Crippen molar-refractivity contribution in [3.8, 4) is 0 Å². The summed E-state index contributed by atoms with van der Waals surface area (Å²) in [6.07, 6.45) is 3.37. The number of rotatable bonds is 4. The van der Waals surface area contributed by atoms with Crippen LogP contribution in [0.25, 0.3) is 0 Å².